The van der Waals surface area contributed by atoms with Gasteiger partial charge in [-0.2, -0.15) is 0 Å². The van der Waals surface area contributed by atoms with Gasteiger partial charge in [-0.3, -0.25) is 4.79 Å². The van der Waals surface area contributed by atoms with Gasteiger partial charge in [0.2, 0.25) is 0 Å². The fourth-order valence-corrected chi connectivity index (χ4v) is 2.79. The lowest BCUT2D eigenvalue weighted by Crippen LogP contribution is -2.18. The first-order valence-electron chi connectivity index (χ1n) is 6.04. The summed E-state index contributed by atoms with van der Waals surface area (Å²) < 4.78 is 1.02. The van der Waals surface area contributed by atoms with Crippen molar-refractivity contribution in [3.05, 3.63) is 55.9 Å². The van der Waals surface area contributed by atoms with Crippen LogP contribution in [0.3, 0.4) is 0 Å². The largest absolute Gasteiger partial charge is 0.301 e. The monoisotopic (exact) mass is 338 g/mol. The SMILES string of the molecule is CCc1nc(SC)[nH]c(=O)c1Cc1cccc(Br)c1. The number of hydrogen-bond acceptors (Lipinski definition) is 3. The van der Waals surface area contributed by atoms with E-state index in [0.29, 0.717) is 11.6 Å². The summed E-state index contributed by atoms with van der Waals surface area (Å²) in [6.07, 6.45) is 3.28. The predicted octanol–water partition coefficient (Wildman–Crippen LogP) is 3.41. The zero-order chi connectivity index (χ0) is 13.8. The van der Waals surface area contributed by atoms with Gasteiger partial charge in [0.15, 0.2) is 5.16 Å². The number of aryl methyl sites for hydroxylation is 1. The molecule has 0 saturated heterocycles. The molecule has 1 heterocycles. The first kappa shape index (κ1) is 14.3. The number of aromatic nitrogens is 2. The first-order valence-corrected chi connectivity index (χ1v) is 8.06. The van der Waals surface area contributed by atoms with Gasteiger partial charge in [0.25, 0.3) is 5.56 Å². The maximum absolute atomic E-state index is 12.1. The molecule has 1 aromatic heterocycles. The van der Waals surface area contributed by atoms with Crippen molar-refractivity contribution in [3.63, 3.8) is 0 Å². The molecule has 0 spiro atoms. The molecule has 0 saturated carbocycles. The van der Waals surface area contributed by atoms with Gasteiger partial charge in [0.05, 0.1) is 5.69 Å². The number of thioether (sulfide) groups is 1. The standard InChI is InChI=1S/C14H15BrN2OS/c1-3-12-11(13(18)17-14(16-12)19-2)8-9-5-4-6-10(15)7-9/h4-7H,3,8H2,1-2H3,(H,16,17,18). The third-order valence-corrected chi connectivity index (χ3v) is 3.95. The average molecular weight is 339 g/mol. The molecular weight excluding hydrogens is 324 g/mol. The molecule has 0 aliphatic rings. The highest BCUT2D eigenvalue weighted by Gasteiger charge is 2.10. The fraction of sp³-hybridized carbons (Fsp3) is 0.286. The number of nitrogens with one attached hydrogen (secondary N) is 1. The first-order chi connectivity index (χ1) is 9.13. The Bertz CT molecular complexity index is 640. The molecule has 0 radical (unpaired) electrons. The summed E-state index contributed by atoms with van der Waals surface area (Å²) in [4.78, 5) is 19.5. The van der Waals surface area contributed by atoms with Crippen LogP contribution in [0.15, 0.2) is 38.7 Å². The van der Waals surface area contributed by atoms with Crippen molar-refractivity contribution < 1.29 is 0 Å². The van der Waals surface area contributed by atoms with Crippen molar-refractivity contribution in [2.45, 2.75) is 24.9 Å². The molecule has 19 heavy (non-hydrogen) atoms. The van der Waals surface area contributed by atoms with Crippen molar-refractivity contribution in [2.75, 3.05) is 6.26 Å². The molecule has 1 N–H and O–H groups in total. The summed E-state index contributed by atoms with van der Waals surface area (Å²) in [6, 6.07) is 8.00. The minimum atomic E-state index is -0.0313. The van der Waals surface area contributed by atoms with Crippen LogP contribution in [-0.4, -0.2) is 16.2 Å². The molecule has 0 fully saturated rings. The second-order valence-corrected chi connectivity index (χ2v) is 5.87. The van der Waals surface area contributed by atoms with E-state index in [4.69, 9.17) is 0 Å². The van der Waals surface area contributed by atoms with Crippen LogP contribution >= 0.6 is 27.7 Å². The summed E-state index contributed by atoms with van der Waals surface area (Å²) in [7, 11) is 0. The normalized spacial score (nSPS) is 10.7. The minimum absolute atomic E-state index is 0.0313. The molecule has 5 heteroatoms. The molecule has 3 nitrogen and oxygen atoms in total. The Labute approximate surface area is 125 Å². The third kappa shape index (κ3) is 3.48. The van der Waals surface area contributed by atoms with Gasteiger partial charge < -0.3 is 4.98 Å². The Hall–Kier alpha value is -1.07. The van der Waals surface area contributed by atoms with Crippen LogP contribution in [0.1, 0.15) is 23.7 Å². The van der Waals surface area contributed by atoms with Crippen LogP contribution in [0.2, 0.25) is 0 Å². The summed E-state index contributed by atoms with van der Waals surface area (Å²) in [5.74, 6) is 0. The molecule has 2 aromatic rings. The average Bonchev–Trinajstić information content (AvgIpc) is 2.40. The molecule has 1 aromatic carbocycles. The minimum Gasteiger partial charge on any atom is -0.301 e. The lowest BCUT2D eigenvalue weighted by Gasteiger charge is -2.08. The van der Waals surface area contributed by atoms with Gasteiger partial charge in [-0.1, -0.05) is 46.7 Å². The summed E-state index contributed by atoms with van der Waals surface area (Å²) in [6.45, 7) is 2.02. The van der Waals surface area contributed by atoms with Crippen molar-refractivity contribution in [3.8, 4) is 0 Å². The number of aromatic amines is 1. The maximum atomic E-state index is 12.1. The van der Waals surface area contributed by atoms with E-state index >= 15 is 0 Å². The molecule has 0 unspecified atom stereocenters. The maximum Gasteiger partial charge on any atom is 0.255 e. The van der Waals surface area contributed by atoms with E-state index in [1.165, 1.54) is 11.8 Å². The Balaban J connectivity index is 2.42. The van der Waals surface area contributed by atoms with Gasteiger partial charge in [-0.25, -0.2) is 4.98 Å². The third-order valence-electron chi connectivity index (χ3n) is 2.88. The molecule has 100 valence electrons. The van der Waals surface area contributed by atoms with E-state index in [9.17, 15) is 4.79 Å². The Morgan fingerprint density at radius 2 is 2.21 bits per heavy atom. The Morgan fingerprint density at radius 1 is 1.42 bits per heavy atom. The number of benzene rings is 1. The van der Waals surface area contributed by atoms with Crippen LogP contribution in [0, 0.1) is 0 Å². The van der Waals surface area contributed by atoms with Gasteiger partial charge in [-0.15, -0.1) is 0 Å². The van der Waals surface area contributed by atoms with Crippen LogP contribution in [-0.2, 0) is 12.8 Å². The highest BCUT2D eigenvalue weighted by Crippen LogP contribution is 2.16. The van der Waals surface area contributed by atoms with Crippen molar-refractivity contribution in [1.29, 1.82) is 0 Å². The molecule has 0 bridgehead atoms. The highest BCUT2D eigenvalue weighted by atomic mass is 79.9. The zero-order valence-electron chi connectivity index (χ0n) is 10.9. The van der Waals surface area contributed by atoms with E-state index in [1.54, 1.807) is 0 Å². The van der Waals surface area contributed by atoms with Gasteiger partial charge in [0.1, 0.15) is 0 Å². The molecule has 2 rings (SSSR count). The van der Waals surface area contributed by atoms with Crippen LogP contribution < -0.4 is 5.56 Å². The molecule has 0 amide bonds. The summed E-state index contributed by atoms with van der Waals surface area (Å²) >= 11 is 4.90. The van der Waals surface area contributed by atoms with Crippen molar-refractivity contribution in [2.24, 2.45) is 0 Å². The molecule has 0 atom stereocenters. The molecular formula is C14H15BrN2OS. The predicted molar refractivity (Wildman–Crippen MR) is 83.0 cm³/mol. The van der Waals surface area contributed by atoms with Gasteiger partial charge in [-0.05, 0) is 30.4 Å². The summed E-state index contributed by atoms with van der Waals surface area (Å²) in [5, 5.41) is 0.680. The fourth-order valence-electron chi connectivity index (χ4n) is 1.94. The van der Waals surface area contributed by atoms with Crippen LogP contribution in [0.25, 0.3) is 0 Å². The number of H-pyrrole nitrogens is 1. The lowest BCUT2D eigenvalue weighted by atomic mass is 10.0. The van der Waals surface area contributed by atoms with Gasteiger partial charge in [0, 0.05) is 16.5 Å². The quantitative estimate of drug-likeness (QED) is 0.686. The van der Waals surface area contributed by atoms with E-state index in [1.807, 2.05) is 37.4 Å². The van der Waals surface area contributed by atoms with Crippen LogP contribution in [0.4, 0.5) is 0 Å². The zero-order valence-corrected chi connectivity index (χ0v) is 13.3. The lowest BCUT2D eigenvalue weighted by molar-refractivity contribution is 0.833. The van der Waals surface area contributed by atoms with Crippen LogP contribution in [0.5, 0.6) is 0 Å². The second-order valence-electron chi connectivity index (χ2n) is 4.16. The Kier molecular flexibility index (Phi) is 4.82. The summed E-state index contributed by atoms with van der Waals surface area (Å²) in [5.41, 5.74) is 2.72. The number of hydrogen-bond donors (Lipinski definition) is 1. The number of rotatable bonds is 4. The van der Waals surface area contributed by atoms with E-state index in [-0.39, 0.29) is 5.56 Å². The van der Waals surface area contributed by atoms with Crippen molar-refractivity contribution in [1.82, 2.24) is 9.97 Å². The Morgan fingerprint density at radius 3 is 2.84 bits per heavy atom. The van der Waals surface area contributed by atoms with E-state index in [0.717, 1.165) is 27.7 Å². The topological polar surface area (TPSA) is 45.8 Å². The van der Waals surface area contributed by atoms with Crippen molar-refractivity contribution >= 4 is 27.7 Å². The van der Waals surface area contributed by atoms with E-state index < -0.39 is 0 Å². The highest BCUT2D eigenvalue weighted by molar-refractivity contribution is 9.10. The van der Waals surface area contributed by atoms with E-state index in [2.05, 4.69) is 25.9 Å². The smallest absolute Gasteiger partial charge is 0.255 e. The van der Waals surface area contributed by atoms with Gasteiger partial charge >= 0.3 is 0 Å². The number of nitrogens with zero attached hydrogens (tertiary/aromatic N) is 1. The second kappa shape index (κ2) is 6.39. The molecule has 0 aliphatic heterocycles. The number of halogens is 1. The molecule has 0 aliphatic carbocycles.